The van der Waals surface area contributed by atoms with Crippen LogP contribution >= 0.6 is 11.3 Å². The number of rotatable bonds is 3. The highest BCUT2D eigenvalue weighted by Gasteiger charge is 2.30. The summed E-state index contributed by atoms with van der Waals surface area (Å²) in [5.74, 6) is 1.31. The van der Waals surface area contributed by atoms with Crippen molar-refractivity contribution < 1.29 is 4.79 Å². The number of aromatic nitrogens is 3. The van der Waals surface area contributed by atoms with Gasteiger partial charge >= 0.3 is 6.03 Å². The predicted octanol–water partition coefficient (Wildman–Crippen LogP) is 4.18. The molecule has 0 fully saturated rings. The van der Waals surface area contributed by atoms with Crippen molar-refractivity contribution in [1.29, 1.82) is 0 Å². The number of urea groups is 1. The van der Waals surface area contributed by atoms with Gasteiger partial charge in [0.15, 0.2) is 5.82 Å². The molecule has 134 valence electrons. The van der Waals surface area contributed by atoms with Crippen molar-refractivity contribution in [2.24, 2.45) is 0 Å². The molecule has 7 heteroatoms. The highest BCUT2D eigenvalue weighted by molar-refractivity contribution is 7.10. The largest absolute Gasteiger partial charge is 0.323 e. The van der Waals surface area contributed by atoms with E-state index in [4.69, 9.17) is 0 Å². The second-order valence-electron chi connectivity index (χ2n) is 6.42. The van der Waals surface area contributed by atoms with E-state index in [1.54, 1.807) is 34.5 Å². The SMILES string of the molecule is CCC1c2ccsc2CCN1C(=O)Nc1ccnn1-c1cc(C)ccn1. The van der Waals surface area contributed by atoms with Gasteiger partial charge in [0.2, 0.25) is 0 Å². The second-order valence-corrected chi connectivity index (χ2v) is 7.42. The van der Waals surface area contributed by atoms with Crippen LogP contribution in [-0.4, -0.2) is 32.2 Å². The Hall–Kier alpha value is -2.67. The number of amides is 2. The number of pyridine rings is 1. The number of carbonyl (C=O) groups excluding carboxylic acids is 1. The Kier molecular flexibility index (Phi) is 4.46. The van der Waals surface area contributed by atoms with E-state index >= 15 is 0 Å². The second kappa shape index (κ2) is 6.92. The molecule has 4 heterocycles. The Balaban J connectivity index is 1.57. The predicted molar refractivity (Wildman–Crippen MR) is 103 cm³/mol. The maximum Gasteiger partial charge on any atom is 0.323 e. The number of aryl methyl sites for hydroxylation is 1. The highest BCUT2D eigenvalue weighted by Crippen LogP contribution is 2.35. The number of hydrogen-bond donors (Lipinski definition) is 1. The first-order valence-electron chi connectivity index (χ1n) is 8.78. The molecular formula is C19H21N5OS. The van der Waals surface area contributed by atoms with E-state index < -0.39 is 0 Å². The molecule has 2 amide bonds. The summed E-state index contributed by atoms with van der Waals surface area (Å²) in [7, 11) is 0. The van der Waals surface area contributed by atoms with Crippen molar-refractivity contribution in [1.82, 2.24) is 19.7 Å². The van der Waals surface area contributed by atoms with E-state index in [1.807, 2.05) is 24.0 Å². The summed E-state index contributed by atoms with van der Waals surface area (Å²) in [4.78, 5) is 20.7. The maximum absolute atomic E-state index is 13.0. The van der Waals surface area contributed by atoms with Gasteiger partial charge in [0.1, 0.15) is 5.82 Å². The van der Waals surface area contributed by atoms with Crippen molar-refractivity contribution in [3.63, 3.8) is 0 Å². The first-order valence-corrected chi connectivity index (χ1v) is 9.66. The lowest BCUT2D eigenvalue weighted by atomic mass is 9.98. The quantitative estimate of drug-likeness (QED) is 0.755. The van der Waals surface area contributed by atoms with E-state index in [-0.39, 0.29) is 12.1 Å². The molecule has 6 nitrogen and oxygen atoms in total. The summed E-state index contributed by atoms with van der Waals surface area (Å²) < 4.78 is 1.66. The number of thiophene rings is 1. The molecule has 0 aliphatic carbocycles. The lowest BCUT2D eigenvalue weighted by Gasteiger charge is -2.35. The highest BCUT2D eigenvalue weighted by atomic mass is 32.1. The number of anilines is 1. The number of nitrogens with zero attached hydrogens (tertiary/aromatic N) is 4. The van der Waals surface area contributed by atoms with Gasteiger partial charge in [-0.15, -0.1) is 11.3 Å². The van der Waals surface area contributed by atoms with Crippen molar-refractivity contribution in [3.05, 3.63) is 58.0 Å². The zero-order valence-corrected chi connectivity index (χ0v) is 15.7. The summed E-state index contributed by atoms with van der Waals surface area (Å²) in [5.41, 5.74) is 2.38. The third-order valence-corrected chi connectivity index (χ3v) is 5.73. The lowest BCUT2D eigenvalue weighted by Crippen LogP contribution is -2.42. The van der Waals surface area contributed by atoms with Gasteiger partial charge in [-0.25, -0.2) is 9.78 Å². The molecule has 26 heavy (non-hydrogen) atoms. The molecule has 1 aliphatic rings. The van der Waals surface area contributed by atoms with Crippen LogP contribution in [0.5, 0.6) is 0 Å². The van der Waals surface area contributed by atoms with Crippen LogP contribution in [0, 0.1) is 6.92 Å². The van der Waals surface area contributed by atoms with Gasteiger partial charge in [0.25, 0.3) is 0 Å². The molecular weight excluding hydrogens is 346 g/mol. The Bertz CT molecular complexity index is 931. The molecule has 0 aromatic carbocycles. The number of fused-ring (bicyclic) bond motifs is 1. The van der Waals surface area contributed by atoms with Crippen molar-refractivity contribution in [3.8, 4) is 5.82 Å². The van der Waals surface area contributed by atoms with Crippen molar-refractivity contribution >= 4 is 23.2 Å². The minimum absolute atomic E-state index is 0.0943. The molecule has 4 rings (SSSR count). The van der Waals surface area contributed by atoms with Gasteiger partial charge in [-0.3, -0.25) is 5.32 Å². The average Bonchev–Trinajstić information content (AvgIpc) is 3.29. The van der Waals surface area contributed by atoms with Crippen LogP contribution in [-0.2, 0) is 6.42 Å². The van der Waals surface area contributed by atoms with Gasteiger partial charge < -0.3 is 4.90 Å². The van der Waals surface area contributed by atoms with Gasteiger partial charge in [-0.2, -0.15) is 9.78 Å². The average molecular weight is 367 g/mol. The van der Waals surface area contributed by atoms with E-state index in [0.29, 0.717) is 11.6 Å². The standard InChI is InChI=1S/C19H21N5OS/c1-3-15-14-7-11-26-16(14)6-10-23(15)19(25)22-17-5-9-21-24(17)18-12-13(2)4-8-20-18/h4-5,7-9,11-12,15H,3,6,10H2,1-2H3,(H,22,25). The molecule has 1 N–H and O–H groups in total. The summed E-state index contributed by atoms with van der Waals surface area (Å²) in [6, 6.07) is 7.85. The molecule has 0 radical (unpaired) electrons. The molecule has 1 aliphatic heterocycles. The van der Waals surface area contributed by atoms with Gasteiger partial charge in [-0.1, -0.05) is 6.92 Å². The maximum atomic E-state index is 13.0. The zero-order valence-electron chi connectivity index (χ0n) is 14.8. The van der Waals surface area contributed by atoms with Crippen LogP contribution < -0.4 is 5.32 Å². The monoisotopic (exact) mass is 367 g/mol. The van der Waals surface area contributed by atoms with Crippen LogP contribution in [0.4, 0.5) is 10.6 Å². The zero-order chi connectivity index (χ0) is 18.1. The Morgan fingerprint density at radius 1 is 1.35 bits per heavy atom. The van der Waals surface area contributed by atoms with Gasteiger partial charge in [0, 0.05) is 23.7 Å². The molecule has 3 aromatic rings. The number of hydrogen-bond acceptors (Lipinski definition) is 4. The first kappa shape index (κ1) is 16.8. The summed E-state index contributed by atoms with van der Waals surface area (Å²) in [6.07, 6.45) is 5.23. The van der Waals surface area contributed by atoms with Crippen LogP contribution in [0.15, 0.2) is 42.0 Å². The third kappa shape index (κ3) is 2.99. The fourth-order valence-electron chi connectivity index (χ4n) is 3.48. The minimum Gasteiger partial charge on any atom is -0.317 e. The van der Waals surface area contributed by atoms with E-state index in [2.05, 4.69) is 33.8 Å². The minimum atomic E-state index is -0.0943. The number of carbonyl (C=O) groups is 1. The van der Waals surface area contributed by atoms with Crippen LogP contribution in [0.2, 0.25) is 0 Å². The molecule has 1 atom stereocenters. The van der Waals surface area contributed by atoms with Crippen molar-refractivity contribution in [2.45, 2.75) is 32.7 Å². The molecule has 0 saturated carbocycles. The van der Waals surface area contributed by atoms with Crippen molar-refractivity contribution in [2.75, 3.05) is 11.9 Å². The fourth-order valence-corrected chi connectivity index (χ4v) is 4.41. The topological polar surface area (TPSA) is 63.1 Å². The summed E-state index contributed by atoms with van der Waals surface area (Å²) >= 11 is 1.78. The molecule has 0 spiro atoms. The Labute approximate surface area is 156 Å². The fraction of sp³-hybridized carbons (Fsp3) is 0.316. The lowest BCUT2D eigenvalue weighted by molar-refractivity contribution is 0.181. The van der Waals surface area contributed by atoms with Gasteiger partial charge in [-0.05, 0) is 54.5 Å². The molecule has 3 aromatic heterocycles. The van der Waals surface area contributed by atoms with E-state index in [0.717, 1.165) is 24.9 Å². The smallest absolute Gasteiger partial charge is 0.317 e. The molecule has 1 unspecified atom stereocenters. The van der Waals surface area contributed by atoms with E-state index in [9.17, 15) is 4.79 Å². The normalized spacial score (nSPS) is 16.4. The summed E-state index contributed by atoms with van der Waals surface area (Å²) in [6.45, 7) is 4.86. The first-order chi connectivity index (χ1) is 12.7. The Morgan fingerprint density at radius 2 is 2.23 bits per heavy atom. The Morgan fingerprint density at radius 3 is 3.04 bits per heavy atom. The van der Waals surface area contributed by atoms with Crippen LogP contribution in [0.1, 0.15) is 35.4 Å². The molecule has 0 bridgehead atoms. The summed E-state index contributed by atoms with van der Waals surface area (Å²) in [5, 5.41) is 9.45. The van der Waals surface area contributed by atoms with E-state index in [1.165, 1.54) is 10.4 Å². The van der Waals surface area contributed by atoms with Gasteiger partial charge in [0.05, 0.1) is 12.2 Å². The number of nitrogens with one attached hydrogen (secondary N) is 1. The van der Waals surface area contributed by atoms with Crippen LogP contribution in [0.3, 0.4) is 0 Å². The third-order valence-electron chi connectivity index (χ3n) is 4.74. The molecule has 0 saturated heterocycles. The van der Waals surface area contributed by atoms with Crippen LogP contribution in [0.25, 0.3) is 5.82 Å².